The first-order valence-electron chi connectivity index (χ1n) is 9.35. The van der Waals surface area contributed by atoms with E-state index < -0.39 is 0 Å². The Morgan fingerprint density at radius 2 is 1.48 bits per heavy atom. The Morgan fingerprint density at radius 3 is 1.97 bits per heavy atom. The van der Waals surface area contributed by atoms with Crippen LogP contribution in [0.4, 0.5) is 11.8 Å². The van der Waals surface area contributed by atoms with Crippen molar-refractivity contribution < 1.29 is 8.83 Å². The normalized spacial score (nSPS) is 13.6. The minimum atomic E-state index is 0.0458. The molecule has 8 nitrogen and oxygen atoms in total. The molecule has 9 heteroatoms. The molecule has 156 valence electrons. The van der Waals surface area contributed by atoms with Crippen LogP contribution in [0.2, 0.25) is 5.02 Å². The number of aromatic nitrogens is 2. The van der Waals surface area contributed by atoms with Crippen molar-refractivity contribution in [1.82, 2.24) is 19.8 Å². The lowest BCUT2D eigenvalue weighted by atomic mass is 10.2. The molecule has 3 rings (SSSR count). The quantitative estimate of drug-likeness (QED) is 0.515. The van der Waals surface area contributed by atoms with Crippen LogP contribution >= 0.6 is 11.6 Å². The summed E-state index contributed by atoms with van der Waals surface area (Å²) in [6.07, 6.45) is 4.94. The molecule has 3 heterocycles. The summed E-state index contributed by atoms with van der Waals surface area (Å²) in [6.45, 7) is 1.18. The van der Waals surface area contributed by atoms with Gasteiger partial charge in [-0.15, -0.1) is 0 Å². The number of furan rings is 2. The second kappa shape index (κ2) is 9.78. The van der Waals surface area contributed by atoms with Gasteiger partial charge in [-0.3, -0.25) is 9.80 Å². The van der Waals surface area contributed by atoms with Gasteiger partial charge in [-0.05, 0) is 52.5 Å². The number of hydrogen-bond donors (Lipinski definition) is 2. The molecule has 0 aliphatic rings. The molecule has 0 saturated heterocycles. The molecule has 29 heavy (non-hydrogen) atoms. The van der Waals surface area contributed by atoms with E-state index in [-0.39, 0.29) is 12.1 Å². The summed E-state index contributed by atoms with van der Waals surface area (Å²) in [4.78, 5) is 13.0. The molecule has 0 aromatic carbocycles. The Labute approximate surface area is 175 Å². The molecule has 3 aromatic rings. The lowest BCUT2D eigenvalue weighted by molar-refractivity contribution is 0.269. The summed E-state index contributed by atoms with van der Waals surface area (Å²) < 4.78 is 11.1. The third-order valence-corrected chi connectivity index (χ3v) is 4.93. The zero-order chi connectivity index (χ0) is 20.8. The maximum Gasteiger partial charge on any atom is 0.224 e. The van der Waals surface area contributed by atoms with Crippen LogP contribution in [0.3, 0.4) is 0 Å². The van der Waals surface area contributed by atoms with E-state index in [0.717, 1.165) is 11.5 Å². The SMILES string of the molecule is CN(C)[C@H](CNc1ncc(Cl)c(NC[C@@H](c2ccco2)N(C)C)n1)c1ccco1. The first-order valence-corrected chi connectivity index (χ1v) is 9.73. The molecule has 0 radical (unpaired) electrons. The average Bonchev–Trinajstić information content (AvgIpc) is 3.38. The predicted molar refractivity (Wildman–Crippen MR) is 114 cm³/mol. The zero-order valence-electron chi connectivity index (χ0n) is 17.1. The number of hydrogen-bond acceptors (Lipinski definition) is 8. The Balaban J connectivity index is 1.66. The highest BCUT2D eigenvalue weighted by atomic mass is 35.5. The molecule has 0 fully saturated rings. The fraction of sp³-hybridized carbons (Fsp3) is 0.400. The summed E-state index contributed by atoms with van der Waals surface area (Å²) in [6, 6.07) is 7.77. The molecule has 0 aliphatic heterocycles. The molecule has 0 aliphatic carbocycles. The molecular weight excluding hydrogens is 392 g/mol. The van der Waals surface area contributed by atoms with Crippen LogP contribution < -0.4 is 10.6 Å². The van der Waals surface area contributed by atoms with Crippen LogP contribution in [-0.4, -0.2) is 61.0 Å². The van der Waals surface area contributed by atoms with Crippen molar-refractivity contribution in [2.75, 3.05) is 51.9 Å². The second-order valence-corrected chi connectivity index (χ2v) is 7.55. The van der Waals surface area contributed by atoms with Gasteiger partial charge in [0.15, 0.2) is 5.82 Å². The third kappa shape index (κ3) is 5.50. The van der Waals surface area contributed by atoms with Gasteiger partial charge in [-0.25, -0.2) is 4.98 Å². The van der Waals surface area contributed by atoms with E-state index in [4.69, 9.17) is 20.4 Å². The number of likely N-dealkylation sites (N-methyl/N-ethyl adjacent to an activating group) is 2. The van der Waals surface area contributed by atoms with Gasteiger partial charge in [-0.2, -0.15) is 4.98 Å². The van der Waals surface area contributed by atoms with E-state index in [0.29, 0.717) is 29.9 Å². The van der Waals surface area contributed by atoms with Crippen LogP contribution in [0.15, 0.2) is 51.8 Å². The Kier molecular flexibility index (Phi) is 7.13. The van der Waals surface area contributed by atoms with E-state index in [1.54, 1.807) is 18.7 Å². The smallest absolute Gasteiger partial charge is 0.224 e. The Morgan fingerprint density at radius 1 is 0.931 bits per heavy atom. The third-order valence-electron chi connectivity index (χ3n) is 4.65. The maximum absolute atomic E-state index is 6.30. The van der Waals surface area contributed by atoms with Gasteiger partial charge >= 0.3 is 0 Å². The Bertz CT molecular complexity index is 867. The van der Waals surface area contributed by atoms with Gasteiger partial charge in [-0.1, -0.05) is 11.6 Å². The minimum absolute atomic E-state index is 0.0458. The summed E-state index contributed by atoms with van der Waals surface area (Å²) >= 11 is 6.30. The molecular formula is C20H27ClN6O2. The van der Waals surface area contributed by atoms with Crippen molar-refractivity contribution in [3.8, 4) is 0 Å². The fourth-order valence-corrected chi connectivity index (χ4v) is 3.15. The van der Waals surface area contributed by atoms with E-state index in [2.05, 4.69) is 30.4 Å². The summed E-state index contributed by atoms with van der Waals surface area (Å²) in [5, 5.41) is 7.04. The van der Waals surface area contributed by atoms with Crippen LogP contribution in [-0.2, 0) is 0 Å². The van der Waals surface area contributed by atoms with Crippen molar-refractivity contribution in [3.05, 3.63) is 59.5 Å². The first-order chi connectivity index (χ1) is 14.0. The van der Waals surface area contributed by atoms with Gasteiger partial charge in [0.25, 0.3) is 0 Å². The van der Waals surface area contributed by atoms with E-state index in [1.807, 2.05) is 52.5 Å². The highest BCUT2D eigenvalue weighted by Crippen LogP contribution is 2.24. The topological polar surface area (TPSA) is 82.6 Å². The molecule has 0 amide bonds. The highest BCUT2D eigenvalue weighted by Gasteiger charge is 2.19. The second-order valence-electron chi connectivity index (χ2n) is 7.14. The maximum atomic E-state index is 6.30. The molecule has 0 bridgehead atoms. The van der Waals surface area contributed by atoms with Crippen LogP contribution in [0.5, 0.6) is 0 Å². The van der Waals surface area contributed by atoms with Crippen molar-refractivity contribution in [3.63, 3.8) is 0 Å². The summed E-state index contributed by atoms with van der Waals surface area (Å²) in [7, 11) is 8.00. The van der Waals surface area contributed by atoms with Gasteiger partial charge in [0.2, 0.25) is 5.95 Å². The standard InChI is InChI=1S/C20H27ClN6O2/c1-26(2)15(17-7-5-9-28-17)12-22-19-14(21)11-23-20(25-19)24-13-16(27(3)4)18-8-6-10-29-18/h5-11,15-16H,12-13H2,1-4H3,(H2,22,23,24,25)/t15-,16+/m0/s1. The van der Waals surface area contributed by atoms with Gasteiger partial charge < -0.3 is 19.5 Å². The summed E-state index contributed by atoms with van der Waals surface area (Å²) in [5.41, 5.74) is 0. The molecule has 0 unspecified atom stereocenters. The number of halogens is 1. The number of nitrogens with zero attached hydrogens (tertiary/aromatic N) is 4. The molecule has 0 spiro atoms. The number of rotatable bonds is 10. The van der Waals surface area contributed by atoms with Crippen molar-refractivity contribution >= 4 is 23.4 Å². The lowest BCUT2D eigenvalue weighted by Crippen LogP contribution is -2.28. The molecule has 2 N–H and O–H groups in total. The number of nitrogens with one attached hydrogen (secondary N) is 2. The lowest BCUT2D eigenvalue weighted by Gasteiger charge is -2.24. The van der Waals surface area contributed by atoms with E-state index >= 15 is 0 Å². The largest absolute Gasteiger partial charge is 0.468 e. The molecule has 0 saturated carbocycles. The van der Waals surface area contributed by atoms with Gasteiger partial charge in [0.05, 0.1) is 30.8 Å². The fourth-order valence-electron chi connectivity index (χ4n) is 2.99. The number of anilines is 2. The molecule has 3 aromatic heterocycles. The monoisotopic (exact) mass is 418 g/mol. The van der Waals surface area contributed by atoms with Crippen molar-refractivity contribution in [2.45, 2.75) is 12.1 Å². The average molecular weight is 419 g/mol. The zero-order valence-corrected chi connectivity index (χ0v) is 17.8. The minimum Gasteiger partial charge on any atom is -0.468 e. The van der Waals surface area contributed by atoms with Gasteiger partial charge in [0.1, 0.15) is 16.5 Å². The Hall–Kier alpha value is -2.55. The van der Waals surface area contributed by atoms with E-state index in [1.165, 1.54) is 0 Å². The molecule has 2 atom stereocenters. The highest BCUT2D eigenvalue weighted by molar-refractivity contribution is 6.32. The summed E-state index contributed by atoms with van der Waals surface area (Å²) in [5.74, 6) is 2.82. The van der Waals surface area contributed by atoms with Crippen LogP contribution in [0.25, 0.3) is 0 Å². The van der Waals surface area contributed by atoms with Gasteiger partial charge in [0, 0.05) is 13.1 Å². The predicted octanol–water partition coefficient (Wildman–Crippen LogP) is 3.75. The van der Waals surface area contributed by atoms with Crippen molar-refractivity contribution in [2.24, 2.45) is 0 Å². The van der Waals surface area contributed by atoms with Crippen LogP contribution in [0.1, 0.15) is 23.6 Å². The van der Waals surface area contributed by atoms with E-state index in [9.17, 15) is 0 Å². The van der Waals surface area contributed by atoms with Crippen molar-refractivity contribution in [1.29, 1.82) is 0 Å². The first kappa shape index (κ1) is 21.2. The van der Waals surface area contributed by atoms with Crippen LogP contribution in [0, 0.1) is 0 Å².